The van der Waals surface area contributed by atoms with Crippen LogP contribution < -0.4 is 10.1 Å². The van der Waals surface area contributed by atoms with Crippen LogP contribution in [0.4, 0.5) is 0 Å². The number of nitrogens with one attached hydrogen (secondary N) is 1. The zero-order valence-corrected chi connectivity index (χ0v) is 11.9. The summed E-state index contributed by atoms with van der Waals surface area (Å²) in [4.78, 5) is 14.5. The molecule has 1 atom stereocenters. The number of esters is 1. The van der Waals surface area contributed by atoms with Gasteiger partial charge < -0.3 is 19.9 Å². The first-order chi connectivity index (χ1) is 10.1. The quantitative estimate of drug-likeness (QED) is 0.250. The molecule has 0 aliphatic carbocycles. The molecule has 0 aromatic heterocycles. The van der Waals surface area contributed by atoms with Crippen LogP contribution in [0.5, 0.6) is 11.5 Å². The summed E-state index contributed by atoms with van der Waals surface area (Å²) in [5.74, 6) is -0.192. The molecule has 114 valence electrons. The van der Waals surface area contributed by atoms with Gasteiger partial charge in [0.05, 0.1) is 13.7 Å². The molecular formula is C13H18N4O4. The minimum absolute atomic E-state index is 0.00158. The van der Waals surface area contributed by atoms with E-state index in [0.29, 0.717) is 24.5 Å². The number of rotatable bonds is 8. The lowest BCUT2D eigenvalue weighted by Gasteiger charge is -2.17. The van der Waals surface area contributed by atoms with Gasteiger partial charge in [-0.1, -0.05) is 11.2 Å². The van der Waals surface area contributed by atoms with E-state index in [1.54, 1.807) is 19.1 Å². The second-order valence-corrected chi connectivity index (χ2v) is 4.02. The van der Waals surface area contributed by atoms with Crippen molar-refractivity contribution >= 4 is 5.97 Å². The number of hydrogen-bond acceptors (Lipinski definition) is 6. The summed E-state index contributed by atoms with van der Waals surface area (Å²) in [6, 6.07) is 3.88. The van der Waals surface area contributed by atoms with Gasteiger partial charge in [0.2, 0.25) is 0 Å². The van der Waals surface area contributed by atoms with Gasteiger partial charge in [0.15, 0.2) is 11.5 Å². The molecule has 0 bridgehead atoms. The van der Waals surface area contributed by atoms with Gasteiger partial charge in [0.1, 0.15) is 6.04 Å². The lowest BCUT2D eigenvalue weighted by Crippen LogP contribution is -2.31. The van der Waals surface area contributed by atoms with Crippen molar-refractivity contribution in [1.82, 2.24) is 5.32 Å². The van der Waals surface area contributed by atoms with Gasteiger partial charge >= 0.3 is 5.97 Å². The number of phenolic OH excluding ortho intramolecular Hbond substituents is 1. The molecule has 1 aromatic rings. The summed E-state index contributed by atoms with van der Waals surface area (Å²) in [7, 11) is 1.29. The van der Waals surface area contributed by atoms with E-state index in [-0.39, 0.29) is 12.3 Å². The zero-order valence-electron chi connectivity index (χ0n) is 11.9. The molecule has 0 spiro atoms. The normalized spacial score (nSPS) is 11.3. The number of carbonyl (C=O) groups is 1. The first-order valence-corrected chi connectivity index (χ1v) is 6.41. The maximum absolute atomic E-state index is 11.8. The number of azide groups is 1. The van der Waals surface area contributed by atoms with Crippen molar-refractivity contribution in [2.24, 2.45) is 5.11 Å². The van der Waals surface area contributed by atoms with E-state index in [1.165, 1.54) is 13.2 Å². The third kappa shape index (κ3) is 4.87. The highest BCUT2D eigenvalue weighted by atomic mass is 16.5. The molecule has 1 aromatic carbocycles. The van der Waals surface area contributed by atoms with Gasteiger partial charge in [-0.05, 0) is 30.2 Å². The van der Waals surface area contributed by atoms with E-state index in [0.717, 1.165) is 0 Å². The van der Waals surface area contributed by atoms with Crippen LogP contribution in [0, 0.1) is 0 Å². The molecular weight excluding hydrogens is 276 g/mol. The Bertz CT molecular complexity index is 529. The number of hydrogen-bond donors (Lipinski definition) is 2. The Morgan fingerprint density at radius 1 is 1.57 bits per heavy atom. The van der Waals surface area contributed by atoms with Gasteiger partial charge in [-0.15, -0.1) is 0 Å². The molecule has 1 rings (SSSR count). The predicted octanol–water partition coefficient (Wildman–Crippen LogP) is 1.90. The number of benzene rings is 1. The molecule has 21 heavy (non-hydrogen) atoms. The Morgan fingerprint density at radius 3 is 2.95 bits per heavy atom. The summed E-state index contributed by atoms with van der Waals surface area (Å²) < 4.78 is 10.0. The van der Waals surface area contributed by atoms with E-state index < -0.39 is 12.0 Å². The molecule has 0 fully saturated rings. The van der Waals surface area contributed by atoms with Gasteiger partial charge in [-0.25, -0.2) is 4.79 Å². The molecule has 0 saturated heterocycles. The van der Waals surface area contributed by atoms with Crippen LogP contribution in [-0.2, 0) is 9.53 Å². The summed E-state index contributed by atoms with van der Waals surface area (Å²) in [5, 5.41) is 16.0. The highest BCUT2D eigenvalue weighted by molar-refractivity contribution is 5.77. The third-order valence-electron chi connectivity index (χ3n) is 2.68. The van der Waals surface area contributed by atoms with Gasteiger partial charge in [-0.3, -0.25) is 0 Å². The molecule has 0 aliphatic heterocycles. The van der Waals surface area contributed by atoms with Crippen molar-refractivity contribution in [3.8, 4) is 11.5 Å². The smallest absolute Gasteiger partial charge is 0.327 e. The number of carbonyl (C=O) groups excluding carboxylic acids is 1. The Labute approximate surface area is 122 Å². The van der Waals surface area contributed by atoms with Crippen LogP contribution in [0.3, 0.4) is 0 Å². The molecule has 0 heterocycles. The number of nitrogens with zero attached hydrogens (tertiary/aromatic N) is 3. The molecule has 0 saturated carbocycles. The second-order valence-electron chi connectivity index (χ2n) is 4.02. The fraction of sp³-hybridized carbons (Fsp3) is 0.462. The average Bonchev–Trinajstić information content (AvgIpc) is 2.49. The lowest BCUT2D eigenvalue weighted by molar-refractivity contribution is -0.143. The van der Waals surface area contributed by atoms with Crippen LogP contribution >= 0.6 is 0 Å². The predicted molar refractivity (Wildman–Crippen MR) is 76.0 cm³/mol. The number of ether oxygens (including phenoxy) is 2. The summed E-state index contributed by atoms with van der Waals surface area (Å²) in [6.45, 7) is 2.71. The highest BCUT2D eigenvalue weighted by Crippen LogP contribution is 2.29. The van der Waals surface area contributed by atoms with Crippen molar-refractivity contribution in [1.29, 1.82) is 0 Å². The van der Waals surface area contributed by atoms with E-state index in [4.69, 9.17) is 15.0 Å². The van der Waals surface area contributed by atoms with Gasteiger partial charge in [-0.2, -0.15) is 0 Å². The van der Waals surface area contributed by atoms with Gasteiger partial charge in [0.25, 0.3) is 0 Å². The summed E-state index contributed by atoms with van der Waals surface area (Å²) in [5.41, 5.74) is 8.81. The van der Waals surface area contributed by atoms with Crippen molar-refractivity contribution in [2.75, 3.05) is 26.8 Å². The standard InChI is InChI=1S/C13H18N4O4/c1-3-21-11-8-9(4-5-10(11)18)12(13(19)20-2)15-6-7-16-17-14/h4-5,8,12,15,18H,3,6-7H2,1-2H3. The first-order valence-electron chi connectivity index (χ1n) is 6.41. The summed E-state index contributed by atoms with van der Waals surface area (Å²) in [6.07, 6.45) is 0. The molecule has 8 heteroatoms. The lowest BCUT2D eigenvalue weighted by atomic mass is 10.1. The minimum atomic E-state index is -0.733. The zero-order chi connectivity index (χ0) is 15.7. The molecule has 0 aliphatic rings. The van der Waals surface area contributed by atoms with Crippen LogP contribution in [0.15, 0.2) is 23.3 Å². The second kappa shape index (κ2) is 8.68. The SMILES string of the molecule is CCOc1cc(C(NCCN=[N+]=[N-])C(=O)OC)ccc1O. The number of aromatic hydroxyl groups is 1. The fourth-order valence-corrected chi connectivity index (χ4v) is 1.74. The largest absolute Gasteiger partial charge is 0.504 e. The van der Waals surface area contributed by atoms with Crippen molar-refractivity contribution in [3.63, 3.8) is 0 Å². The van der Waals surface area contributed by atoms with Crippen molar-refractivity contribution in [2.45, 2.75) is 13.0 Å². The Hall–Kier alpha value is -2.44. The summed E-state index contributed by atoms with van der Waals surface area (Å²) >= 11 is 0. The minimum Gasteiger partial charge on any atom is -0.504 e. The third-order valence-corrected chi connectivity index (χ3v) is 2.68. The number of phenols is 1. The van der Waals surface area contributed by atoms with Crippen LogP contribution in [0.2, 0.25) is 0 Å². The van der Waals surface area contributed by atoms with Gasteiger partial charge in [0, 0.05) is 18.0 Å². The van der Waals surface area contributed by atoms with E-state index >= 15 is 0 Å². The van der Waals surface area contributed by atoms with Crippen molar-refractivity contribution in [3.05, 3.63) is 34.2 Å². The molecule has 8 nitrogen and oxygen atoms in total. The van der Waals surface area contributed by atoms with Crippen LogP contribution in [0.1, 0.15) is 18.5 Å². The highest BCUT2D eigenvalue weighted by Gasteiger charge is 2.21. The Kier molecular flexibility index (Phi) is 6.86. The average molecular weight is 294 g/mol. The van der Waals surface area contributed by atoms with Crippen molar-refractivity contribution < 1.29 is 19.4 Å². The molecule has 1 unspecified atom stereocenters. The first kappa shape index (κ1) is 16.6. The monoisotopic (exact) mass is 294 g/mol. The molecule has 0 radical (unpaired) electrons. The maximum atomic E-state index is 11.8. The van der Waals surface area contributed by atoms with E-state index in [1.807, 2.05) is 0 Å². The molecule has 0 amide bonds. The fourth-order valence-electron chi connectivity index (χ4n) is 1.74. The van der Waals surface area contributed by atoms with Crippen LogP contribution in [0.25, 0.3) is 10.4 Å². The van der Waals surface area contributed by atoms with E-state index in [2.05, 4.69) is 15.3 Å². The van der Waals surface area contributed by atoms with Crippen LogP contribution in [-0.4, -0.2) is 37.9 Å². The Balaban J connectivity index is 2.94. The van der Waals surface area contributed by atoms with E-state index in [9.17, 15) is 9.90 Å². The molecule has 2 N–H and O–H groups in total. The topological polar surface area (TPSA) is 117 Å². The Morgan fingerprint density at radius 2 is 2.33 bits per heavy atom. The number of methoxy groups -OCH3 is 1. The maximum Gasteiger partial charge on any atom is 0.327 e.